The molecule has 1 N–H and O–H groups in total. The summed E-state index contributed by atoms with van der Waals surface area (Å²) >= 11 is 7.53. The van der Waals surface area contributed by atoms with Crippen molar-refractivity contribution in [1.82, 2.24) is 10.3 Å². The molecule has 0 spiro atoms. The number of ether oxygens (including phenoxy) is 1. The Morgan fingerprint density at radius 3 is 2.34 bits per heavy atom. The van der Waals surface area contributed by atoms with Gasteiger partial charge >= 0.3 is 0 Å². The Labute approximate surface area is 196 Å². The summed E-state index contributed by atoms with van der Waals surface area (Å²) in [5, 5.41) is 6.62. The highest BCUT2D eigenvalue weighted by Crippen LogP contribution is 2.29. The van der Waals surface area contributed by atoms with Crippen LogP contribution >= 0.6 is 22.9 Å². The maximum absolute atomic E-state index is 12.7. The first-order valence-electron chi connectivity index (χ1n) is 10.2. The van der Waals surface area contributed by atoms with Gasteiger partial charge < -0.3 is 10.1 Å². The third kappa shape index (κ3) is 5.36. The van der Waals surface area contributed by atoms with Gasteiger partial charge in [-0.05, 0) is 43.7 Å². The van der Waals surface area contributed by atoms with Crippen LogP contribution in [0.15, 0.2) is 84.2 Å². The minimum atomic E-state index is -1.01. The zero-order valence-electron chi connectivity index (χ0n) is 17.8. The molecule has 1 heterocycles. The molecule has 0 unspecified atom stereocenters. The summed E-state index contributed by atoms with van der Waals surface area (Å²) in [4.78, 5) is 17.4. The number of benzene rings is 3. The first kappa shape index (κ1) is 22.1. The fourth-order valence-corrected chi connectivity index (χ4v) is 4.11. The van der Waals surface area contributed by atoms with Gasteiger partial charge in [0.2, 0.25) is 0 Å². The van der Waals surface area contributed by atoms with Crippen molar-refractivity contribution in [3.8, 4) is 27.6 Å². The Bertz CT molecular complexity index is 1190. The molecular weight excluding hydrogens is 440 g/mol. The number of carbonyl (C=O) groups is 1. The third-order valence-electron chi connectivity index (χ3n) is 4.96. The van der Waals surface area contributed by atoms with Crippen molar-refractivity contribution in [3.05, 3.63) is 94.8 Å². The van der Waals surface area contributed by atoms with Gasteiger partial charge in [-0.1, -0.05) is 66.2 Å². The molecule has 4 rings (SSSR count). The van der Waals surface area contributed by atoms with E-state index in [1.54, 1.807) is 49.4 Å². The van der Waals surface area contributed by atoms with Gasteiger partial charge in [0.05, 0.1) is 5.69 Å². The molecule has 3 aromatic carbocycles. The van der Waals surface area contributed by atoms with E-state index >= 15 is 0 Å². The van der Waals surface area contributed by atoms with Crippen LogP contribution in [-0.4, -0.2) is 16.5 Å². The summed E-state index contributed by atoms with van der Waals surface area (Å²) in [7, 11) is 0. The zero-order valence-corrected chi connectivity index (χ0v) is 19.4. The van der Waals surface area contributed by atoms with E-state index in [-0.39, 0.29) is 5.91 Å². The standard InChI is InChI=1S/C26H23ClN2O2S/c1-26(2,31-22-14-12-21(27)13-15-22)25(30)28-16-18-8-10-20(11-9-18)24-29-23(17-32-24)19-6-4-3-5-7-19/h3-15,17H,16H2,1-2H3,(H,28,30). The lowest BCUT2D eigenvalue weighted by Crippen LogP contribution is -2.46. The van der Waals surface area contributed by atoms with Crippen molar-refractivity contribution in [2.24, 2.45) is 0 Å². The topological polar surface area (TPSA) is 51.2 Å². The fraction of sp³-hybridized carbons (Fsp3) is 0.154. The number of hydrogen-bond acceptors (Lipinski definition) is 4. The average molecular weight is 463 g/mol. The third-order valence-corrected chi connectivity index (χ3v) is 6.10. The lowest BCUT2D eigenvalue weighted by atomic mass is 10.1. The van der Waals surface area contributed by atoms with Crippen LogP contribution < -0.4 is 10.1 Å². The second-order valence-electron chi connectivity index (χ2n) is 7.85. The van der Waals surface area contributed by atoms with E-state index in [0.717, 1.165) is 27.4 Å². The molecule has 162 valence electrons. The maximum atomic E-state index is 12.7. The highest BCUT2D eigenvalue weighted by molar-refractivity contribution is 7.13. The lowest BCUT2D eigenvalue weighted by Gasteiger charge is -2.25. The summed E-state index contributed by atoms with van der Waals surface area (Å²) in [6.07, 6.45) is 0. The number of nitrogens with zero attached hydrogens (tertiary/aromatic N) is 1. The number of amides is 1. The predicted octanol–water partition coefficient (Wildman–Crippen LogP) is 6.60. The molecule has 0 radical (unpaired) electrons. The van der Waals surface area contributed by atoms with E-state index in [1.165, 1.54) is 0 Å². The van der Waals surface area contributed by atoms with Crippen molar-refractivity contribution in [1.29, 1.82) is 0 Å². The maximum Gasteiger partial charge on any atom is 0.263 e. The van der Waals surface area contributed by atoms with Gasteiger partial charge in [-0.2, -0.15) is 0 Å². The smallest absolute Gasteiger partial charge is 0.263 e. The van der Waals surface area contributed by atoms with E-state index in [0.29, 0.717) is 17.3 Å². The Balaban J connectivity index is 1.36. The van der Waals surface area contributed by atoms with Gasteiger partial charge in [0.25, 0.3) is 5.91 Å². The van der Waals surface area contributed by atoms with Crippen molar-refractivity contribution in [3.63, 3.8) is 0 Å². The molecule has 6 heteroatoms. The molecular formula is C26H23ClN2O2S. The molecule has 0 atom stereocenters. The Morgan fingerprint density at radius 2 is 1.66 bits per heavy atom. The van der Waals surface area contributed by atoms with E-state index in [2.05, 4.69) is 22.8 Å². The minimum Gasteiger partial charge on any atom is -0.478 e. The second-order valence-corrected chi connectivity index (χ2v) is 9.14. The van der Waals surface area contributed by atoms with E-state index in [9.17, 15) is 4.79 Å². The first-order valence-corrected chi connectivity index (χ1v) is 11.5. The summed E-state index contributed by atoms with van der Waals surface area (Å²) in [6.45, 7) is 3.90. The van der Waals surface area contributed by atoms with Gasteiger partial charge in [0.15, 0.2) is 5.60 Å². The van der Waals surface area contributed by atoms with Crippen LogP contribution in [-0.2, 0) is 11.3 Å². The van der Waals surface area contributed by atoms with Crippen LogP contribution in [0.4, 0.5) is 0 Å². The number of thiazole rings is 1. The summed E-state index contributed by atoms with van der Waals surface area (Å²) in [5.74, 6) is 0.404. The number of carbonyl (C=O) groups excluding carboxylic acids is 1. The molecule has 0 aliphatic rings. The number of rotatable bonds is 7. The van der Waals surface area contributed by atoms with Crippen molar-refractivity contribution < 1.29 is 9.53 Å². The van der Waals surface area contributed by atoms with Crippen LogP contribution in [0.25, 0.3) is 21.8 Å². The Morgan fingerprint density at radius 1 is 0.969 bits per heavy atom. The van der Waals surface area contributed by atoms with Crippen molar-refractivity contribution in [2.45, 2.75) is 26.0 Å². The van der Waals surface area contributed by atoms with Crippen LogP contribution in [0.5, 0.6) is 5.75 Å². The van der Waals surface area contributed by atoms with Crippen LogP contribution in [0.2, 0.25) is 5.02 Å². The quantitative estimate of drug-likeness (QED) is 0.336. The number of halogens is 1. The van der Waals surface area contributed by atoms with Gasteiger partial charge in [-0.25, -0.2) is 4.98 Å². The highest BCUT2D eigenvalue weighted by atomic mass is 35.5. The molecule has 32 heavy (non-hydrogen) atoms. The molecule has 1 aromatic heterocycles. The Kier molecular flexibility index (Phi) is 6.58. The van der Waals surface area contributed by atoms with Gasteiger partial charge in [-0.3, -0.25) is 4.79 Å². The predicted molar refractivity (Wildman–Crippen MR) is 131 cm³/mol. The molecule has 4 nitrogen and oxygen atoms in total. The highest BCUT2D eigenvalue weighted by Gasteiger charge is 2.29. The number of aromatic nitrogens is 1. The SMILES string of the molecule is CC(C)(Oc1ccc(Cl)cc1)C(=O)NCc1ccc(-c2nc(-c3ccccc3)cs2)cc1. The van der Waals surface area contributed by atoms with Crippen molar-refractivity contribution >= 4 is 28.8 Å². The van der Waals surface area contributed by atoms with Crippen LogP contribution in [0.1, 0.15) is 19.4 Å². The molecule has 0 saturated heterocycles. The van der Waals surface area contributed by atoms with E-state index < -0.39 is 5.60 Å². The van der Waals surface area contributed by atoms with Gasteiger partial charge in [0.1, 0.15) is 10.8 Å². The van der Waals surface area contributed by atoms with E-state index in [1.807, 2.05) is 42.5 Å². The van der Waals surface area contributed by atoms with Gasteiger partial charge in [-0.15, -0.1) is 11.3 Å². The molecule has 0 bridgehead atoms. The summed E-state index contributed by atoms with van der Waals surface area (Å²) in [5.41, 5.74) is 3.13. The monoisotopic (exact) mass is 462 g/mol. The normalized spacial score (nSPS) is 11.2. The molecule has 0 saturated carbocycles. The molecule has 1 amide bonds. The number of nitrogens with one attached hydrogen (secondary N) is 1. The minimum absolute atomic E-state index is 0.191. The molecule has 4 aromatic rings. The van der Waals surface area contributed by atoms with Crippen LogP contribution in [0.3, 0.4) is 0 Å². The largest absolute Gasteiger partial charge is 0.478 e. The average Bonchev–Trinajstić information content (AvgIpc) is 3.30. The summed E-state index contributed by atoms with van der Waals surface area (Å²) in [6, 6.07) is 25.2. The molecule has 0 aliphatic carbocycles. The Hall–Kier alpha value is -3.15. The van der Waals surface area contributed by atoms with Crippen LogP contribution in [0, 0.1) is 0 Å². The van der Waals surface area contributed by atoms with E-state index in [4.69, 9.17) is 21.3 Å². The molecule has 0 fully saturated rings. The van der Waals surface area contributed by atoms with Gasteiger partial charge in [0, 0.05) is 28.1 Å². The fourth-order valence-electron chi connectivity index (χ4n) is 3.15. The lowest BCUT2D eigenvalue weighted by molar-refractivity contribution is -0.134. The van der Waals surface area contributed by atoms with Crippen molar-refractivity contribution in [2.75, 3.05) is 0 Å². The molecule has 0 aliphatic heterocycles. The number of hydrogen-bond donors (Lipinski definition) is 1. The zero-order chi connectivity index (χ0) is 22.6. The summed E-state index contributed by atoms with van der Waals surface area (Å²) < 4.78 is 5.85. The second kappa shape index (κ2) is 9.55. The first-order chi connectivity index (χ1) is 15.4.